The van der Waals surface area contributed by atoms with E-state index in [1.54, 1.807) is 0 Å². The van der Waals surface area contributed by atoms with Crippen LogP contribution >= 0.6 is 15.9 Å². The Labute approximate surface area is 162 Å². The summed E-state index contributed by atoms with van der Waals surface area (Å²) < 4.78 is 2.42. The van der Waals surface area contributed by atoms with Crippen LogP contribution in [-0.4, -0.2) is 26.3 Å². The summed E-state index contributed by atoms with van der Waals surface area (Å²) in [5.41, 5.74) is 2.10. The number of aryl methyl sites for hydroxylation is 1. The predicted octanol–water partition coefficient (Wildman–Crippen LogP) is 4.28. The van der Waals surface area contributed by atoms with E-state index in [1.165, 1.54) is 24.8 Å². The van der Waals surface area contributed by atoms with Gasteiger partial charge in [0.2, 0.25) is 5.91 Å². The van der Waals surface area contributed by atoms with Crippen LogP contribution in [0.25, 0.3) is 11.0 Å². The minimum absolute atomic E-state index is 0.102. The van der Waals surface area contributed by atoms with Crippen molar-refractivity contribution in [1.29, 1.82) is 0 Å². The van der Waals surface area contributed by atoms with Crippen LogP contribution in [0, 0.1) is 17.3 Å². The number of rotatable bonds is 5. The summed E-state index contributed by atoms with van der Waals surface area (Å²) in [4.78, 5) is 17.5. The van der Waals surface area contributed by atoms with E-state index in [0.717, 1.165) is 56.1 Å². The van der Waals surface area contributed by atoms with Gasteiger partial charge in [-0.05, 0) is 68.9 Å². The maximum atomic E-state index is 13.1. The lowest BCUT2D eigenvalue weighted by Crippen LogP contribution is -2.58. The number of amides is 1. The molecular weight excluding hydrogens is 390 g/mol. The Balaban J connectivity index is 1.19. The molecule has 26 heavy (non-hydrogen) atoms. The number of aromatic nitrogens is 2. The van der Waals surface area contributed by atoms with E-state index < -0.39 is 0 Å². The minimum atomic E-state index is -0.102. The highest BCUT2D eigenvalue weighted by Crippen LogP contribution is 2.64. The third-order valence-electron chi connectivity index (χ3n) is 6.86. The molecule has 2 aromatic rings. The van der Waals surface area contributed by atoms with E-state index in [9.17, 15) is 4.79 Å². The second-order valence-corrected chi connectivity index (χ2v) is 10.6. The molecule has 1 N–H and O–H groups in total. The van der Waals surface area contributed by atoms with Crippen LogP contribution in [0.4, 0.5) is 0 Å². The van der Waals surface area contributed by atoms with Gasteiger partial charge in [-0.3, -0.25) is 4.79 Å². The van der Waals surface area contributed by atoms with E-state index in [2.05, 4.69) is 36.9 Å². The predicted molar refractivity (Wildman–Crippen MR) is 106 cm³/mol. The van der Waals surface area contributed by atoms with Crippen molar-refractivity contribution < 1.29 is 4.79 Å². The molecule has 4 fully saturated rings. The summed E-state index contributed by atoms with van der Waals surface area (Å²) in [6.45, 7) is 1.64. The molecular formula is C21H26BrN3O. The first-order valence-electron chi connectivity index (χ1n) is 9.92. The molecule has 2 unspecified atom stereocenters. The number of nitrogens with zero attached hydrogens (tertiary/aromatic N) is 2. The standard InChI is InChI=1S/C21H26BrN3O/c22-21-11-15-8-16(12-21)10-20(9-15,13-21)19(26)23-6-3-7-25-14-24-17-4-1-2-5-18(17)25/h1-2,4-5,14-16H,3,6-13H2,(H,23,26). The average molecular weight is 416 g/mol. The maximum absolute atomic E-state index is 13.1. The number of hydrogen-bond donors (Lipinski definition) is 1. The van der Waals surface area contributed by atoms with Gasteiger partial charge in [-0.25, -0.2) is 4.98 Å². The van der Waals surface area contributed by atoms with Crippen LogP contribution in [0.1, 0.15) is 44.9 Å². The Morgan fingerprint density at radius 1 is 1.23 bits per heavy atom. The first kappa shape index (κ1) is 16.8. The number of carbonyl (C=O) groups excluding carboxylic acids is 1. The fraction of sp³-hybridized carbons (Fsp3) is 0.619. The van der Waals surface area contributed by atoms with Gasteiger partial charge in [-0.2, -0.15) is 0 Å². The summed E-state index contributed by atoms with van der Waals surface area (Å²) in [7, 11) is 0. The molecule has 0 radical (unpaired) electrons. The summed E-state index contributed by atoms with van der Waals surface area (Å²) in [5.74, 6) is 1.81. The number of hydrogen-bond acceptors (Lipinski definition) is 2. The van der Waals surface area contributed by atoms with E-state index >= 15 is 0 Å². The van der Waals surface area contributed by atoms with Crippen molar-refractivity contribution in [2.45, 2.75) is 55.8 Å². The molecule has 4 nitrogen and oxygen atoms in total. The SMILES string of the molecule is O=C(NCCCn1cnc2ccccc21)C12CC3CC(CC(Br)(C3)C1)C2. The molecule has 5 heteroatoms. The summed E-state index contributed by atoms with van der Waals surface area (Å²) >= 11 is 4.00. The molecule has 1 amide bonds. The first-order valence-corrected chi connectivity index (χ1v) is 10.7. The number of halogens is 1. The molecule has 4 aliphatic rings. The molecule has 0 saturated heterocycles. The number of para-hydroxylation sites is 2. The van der Waals surface area contributed by atoms with Gasteiger partial charge in [0.1, 0.15) is 0 Å². The van der Waals surface area contributed by atoms with Crippen LogP contribution in [0.5, 0.6) is 0 Å². The Morgan fingerprint density at radius 2 is 2.00 bits per heavy atom. The maximum Gasteiger partial charge on any atom is 0.226 e. The first-order chi connectivity index (χ1) is 12.6. The van der Waals surface area contributed by atoms with Crippen molar-refractivity contribution in [2.24, 2.45) is 17.3 Å². The van der Waals surface area contributed by atoms with E-state index in [-0.39, 0.29) is 9.74 Å². The second kappa shape index (κ2) is 6.08. The van der Waals surface area contributed by atoms with Crippen molar-refractivity contribution in [3.8, 4) is 0 Å². The van der Waals surface area contributed by atoms with Gasteiger partial charge in [0, 0.05) is 17.4 Å². The number of alkyl halides is 1. The number of benzene rings is 1. The third-order valence-corrected chi connectivity index (χ3v) is 7.79. The van der Waals surface area contributed by atoms with Crippen molar-refractivity contribution in [3.05, 3.63) is 30.6 Å². The Bertz CT molecular complexity index is 831. The van der Waals surface area contributed by atoms with E-state index in [1.807, 2.05) is 24.5 Å². The van der Waals surface area contributed by atoms with Gasteiger partial charge in [0.15, 0.2) is 0 Å². The highest BCUT2D eigenvalue weighted by atomic mass is 79.9. The van der Waals surface area contributed by atoms with E-state index in [0.29, 0.717) is 5.91 Å². The lowest BCUT2D eigenvalue weighted by atomic mass is 9.49. The Morgan fingerprint density at radius 3 is 2.77 bits per heavy atom. The molecule has 0 spiro atoms. The van der Waals surface area contributed by atoms with Crippen molar-refractivity contribution >= 4 is 32.9 Å². The molecule has 4 saturated carbocycles. The van der Waals surface area contributed by atoms with Crippen LogP contribution in [0.2, 0.25) is 0 Å². The molecule has 6 rings (SSSR count). The van der Waals surface area contributed by atoms with Gasteiger partial charge in [0.05, 0.1) is 22.8 Å². The van der Waals surface area contributed by atoms with Crippen molar-refractivity contribution in [3.63, 3.8) is 0 Å². The smallest absolute Gasteiger partial charge is 0.226 e. The number of imidazole rings is 1. The zero-order valence-corrected chi connectivity index (χ0v) is 16.7. The topological polar surface area (TPSA) is 46.9 Å². The molecule has 1 aromatic heterocycles. The molecule has 0 aliphatic heterocycles. The molecule has 138 valence electrons. The van der Waals surface area contributed by atoms with Gasteiger partial charge in [-0.1, -0.05) is 28.1 Å². The molecule has 1 aromatic carbocycles. The summed E-state index contributed by atoms with van der Waals surface area (Å²) in [5, 5.41) is 3.27. The van der Waals surface area contributed by atoms with Crippen LogP contribution in [0.15, 0.2) is 30.6 Å². The van der Waals surface area contributed by atoms with Crippen LogP contribution < -0.4 is 5.32 Å². The zero-order valence-electron chi connectivity index (χ0n) is 15.1. The van der Waals surface area contributed by atoms with Crippen LogP contribution in [-0.2, 0) is 11.3 Å². The second-order valence-electron chi connectivity index (χ2n) is 8.93. The zero-order chi connectivity index (χ0) is 17.8. The monoisotopic (exact) mass is 415 g/mol. The molecule has 1 heterocycles. The van der Waals surface area contributed by atoms with Crippen molar-refractivity contribution in [1.82, 2.24) is 14.9 Å². The van der Waals surface area contributed by atoms with Gasteiger partial charge in [0.25, 0.3) is 0 Å². The third kappa shape index (κ3) is 2.79. The normalized spacial score (nSPS) is 35.1. The Hall–Kier alpha value is -1.36. The quantitative estimate of drug-likeness (QED) is 0.584. The fourth-order valence-electron chi connectivity index (χ4n) is 6.24. The number of nitrogens with one attached hydrogen (secondary N) is 1. The van der Waals surface area contributed by atoms with Crippen LogP contribution in [0.3, 0.4) is 0 Å². The molecule has 4 aliphatic carbocycles. The number of fused-ring (bicyclic) bond motifs is 1. The molecule has 2 atom stereocenters. The largest absolute Gasteiger partial charge is 0.356 e. The van der Waals surface area contributed by atoms with Gasteiger partial charge in [-0.15, -0.1) is 0 Å². The van der Waals surface area contributed by atoms with Crippen molar-refractivity contribution in [2.75, 3.05) is 6.54 Å². The lowest BCUT2D eigenvalue weighted by Gasteiger charge is -2.59. The number of carbonyl (C=O) groups is 1. The Kier molecular flexibility index (Phi) is 3.93. The lowest BCUT2D eigenvalue weighted by molar-refractivity contribution is -0.144. The minimum Gasteiger partial charge on any atom is -0.356 e. The van der Waals surface area contributed by atoms with E-state index in [4.69, 9.17) is 0 Å². The highest BCUT2D eigenvalue weighted by Gasteiger charge is 2.59. The average Bonchev–Trinajstić information content (AvgIpc) is 2.99. The summed E-state index contributed by atoms with van der Waals surface area (Å²) in [6.07, 6.45) is 9.97. The van der Waals surface area contributed by atoms with Gasteiger partial charge >= 0.3 is 0 Å². The van der Waals surface area contributed by atoms with Gasteiger partial charge < -0.3 is 9.88 Å². The summed E-state index contributed by atoms with van der Waals surface area (Å²) in [6, 6.07) is 8.20. The fourth-order valence-corrected chi connectivity index (χ4v) is 7.70. The molecule has 4 bridgehead atoms. The highest BCUT2D eigenvalue weighted by molar-refractivity contribution is 9.10.